The van der Waals surface area contributed by atoms with E-state index in [0.29, 0.717) is 6.54 Å². The van der Waals surface area contributed by atoms with Gasteiger partial charge in [-0.1, -0.05) is 17.7 Å². The number of carbonyl (C=O) groups is 1. The highest BCUT2D eigenvalue weighted by molar-refractivity contribution is 8.00. The van der Waals surface area contributed by atoms with Gasteiger partial charge < -0.3 is 11.1 Å². The van der Waals surface area contributed by atoms with Gasteiger partial charge >= 0.3 is 0 Å². The van der Waals surface area contributed by atoms with Crippen LogP contribution < -0.4 is 11.1 Å². The number of hydrogen-bond donors (Lipinski definition) is 2. The number of rotatable bonds is 5. The van der Waals surface area contributed by atoms with Gasteiger partial charge in [-0.2, -0.15) is 0 Å². The summed E-state index contributed by atoms with van der Waals surface area (Å²) in [5.74, 6) is 0.838. The predicted octanol–water partition coefficient (Wildman–Crippen LogP) is 2.01. The molecular weight excluding hydrogens is 220 g/mol. The molecule has 0 saturated heterocycles. The second-order valence-electron chi connectivity index (χ2n) is 3.66. The van der Waals surface area contributed by atoms with E-state index in [2.05, 4.69) is 5.32 Å². The highest BCUT2D eigenvalue weighted by Gasteiger charge is 2.12. The fraction of sp³-hybridized carbons (Fsp3) is 0.417. The van der Waals surface area contributed by atoms with Crippen molar-refractivity contribution in [2.75, 3.05) is 17.6 Å². The fourth-order valence-electron chi connectivity index (χ4n) is 1.20. The summed E-state index contributed by atoms with van der Waals surface area (Å²) >= 11 is 1.57. The summed E-state index contributed by atoms with van der Waals surface area (Å²) in [6.07, 6.45) is 0. The summed E-state index contributed by atoms with van der Waals surface area (Å²) in [7, 11) is 0. The zero-order valence-electron chi connectivity index (χ0n) is 9.69. The first-order valence-corrected chi connectivity index (χ1v) is 6.37. The minimum Gasteiger partial charge on any atom is -0.330 e. The molecule has 3 N–H and O–H groups in total. The quantitative estimate of drug-likeness (QED) is 0.825. The Morgan fingerprint density at radius 3 is 2.62 bits per heavy atom. The van der Waals surface area contributed by atoms with Crippen molar-refractivity contribution in [3.63, 3.8) is 0 Å². The average Bonchev–Trinajstić information content (AvgIpc) is 2.29. The molecule has 0 radical (unpaired) electrons. The molecule has 3 nitrogen and oxygen atoms in total. The molecule has 0 bridgehead atoms. The first-order chi connectivity index (χ1) is 7.63. The van der Waals surface area contributed by atoms with Gasteiger partial charge in [0.25, 0.3) is 0 Å². The number of benzene rings is 1. The summed E-state index contributed by atoms with van der Waals surface area (Å²) in [6.45, 7) is 4.52. The molecule has 1 atom stereocenters. The molecule has 1 unspecified atom stereocenters. The van der Waals surface area contributed by atoms with Gasteiger partial charge in [0.1, 0.15) is 0 Å². The van der Waals surface area contributed by atoms with Crippen LogP contribution in [0.4, 0.5) is 5.69 Å². The van der Waals surface area contributed by atoms with E-state index in [1.165, 1.54) is 5.56 Å². The van der Waals surface area contributed by atoms with E-state index in [1.807, 2.05) is 38.1 Å². The molecule has 0 aliphatic heterocycles. The lowest BCUT2D eigenvalue weighted by Gasteiger charge is -2.11. The zero-order valence-corrected chi connectivity index (χ0v) is 10.5. The van der Waals surface area contributed by atoms with Crippen molar-refractivity contribution >= 4 is 23.4 Å². The van der Waals surface area contributed by atoms with E-state index in [-0.39, 0.29) is 11.2 Å². The Balaban J connectivity index is 2.47. The van der Waals surface area contributed by atoms with Crippen LogP contribution >= 0.6 is 11.8 Å². The highest BCUT2D eigenvalue weighted by atomic mass is 32.2. The maximum absolute atomic E-state index is 11.7. The van der Waals surface area contributed by atoms with Crippen LogP contribution in [0, 0.1) is 6.92 Å². The third kappa shape index (κ3) is 4.24. The van der Waals surface area contributed by atoms with Crippen LogP contribution in [0.5, 0.6) is 0 Å². The Bertz CT molecular complexity index is 337. The molecule has 1 amide bonds. The molecule has 1 aromatic carbocycles. The smallest absolute Gasteiger partial charge is 0.237 e. The molecule has 88 valence electrons. The largest absolute Gasteiger partial charge is 0.330 e. The van der Waals surface area contributed by atoms with Gasteiger partial charge in [-0.05, 0) is 26.0 Å². The lowest BCUT2D eigenvalue weighted by Crippen LogP contribution is -2.23. The molecule has 4 heteroatoms. The van der Waals surface area contributed by atoms with Crippen LogP contribution in [0.3, 0.4) is 0 Å². The molecule has 0 saturated carbocycles. The number of nitrogens with two attached hydrogens (primary N) is 1. The Hall–Kier alpha value is -1.00. The molecule has 0 spiro atoms. The molecule has 0 heterocycles. The third-order valence-electron chi connectivity index (χ3n) is 2.17. The van der Waals surface area contributed by atoms with Crippen molar-refractivity contribution in [3.05, 3.63) is 29.8 Å². The normalized spacial score (nSPS) is 12.2. The van der Waals surface area contributed by atoms with Crippen molar-refractivity contribution in [1.82, 2.24) is 0 Å². The summed E-state index contributed by atoms with van der Waals surface area (Å²) in [5.41, 5.74) is 7.42. The number of thioether (sulfide) groups is 1. The van der Waals surface area contributed by atoms with Crippen LogP contribution in [0.2, 0.25) is 0 Å². The molecule has 0 fully saturated rings. The number of nitrogens with one attached hydrogen (secondary N) is 1. The van der Waals surface area contributed by atoms with Crippen molar-refractivity contribution in [2.45, 2.75) is 19.1 Å². The van der Waals surface area contributed by atoms with Gasteiger partial charge in [0.15, 0.2) is 0 Å². The van der Waals surface area contributed by atoms with Crippen LogP contribution in [-0.4, -0.2) is 23.5 Å². The number of hydrogen-bond acceptors (Lipinski definition) is 3. The maximum Gasteiger partial charge on any atom is 0.237 e. The maximum atomic E-state index is 11.7. The fourth-order valence-corrected chi connectivity index (χ4v) is 1.90. The van der Waals surface area contributed by atoms with Gasteiger partial charge in [-0.15, -0.1) is 11.8 Å². The molecule has 1 rings (SSSR count). The molecule has 0 aliphatic rings. The Morgan fingerprint density at radius 2 is 2.06 bits per heavy atom. The predicted molar refractivity (Wildman–Crippen MR) is 70.8 cm³/mol. The molecule has 1 aromatic rings. The van der Waals surface area contributed by atoms with Crippen LogP contribution in [0.25, 0.3) is 0 Å². The number of anilines is 1. The van der Waals surface area contributed by atoms with E-state index in [0.717, 1.165) is 11.4 Å². The number of carbonyl (C=O) groups excluding carboxylic acids is 1. The topological polar surface area (TPSA) is 55.1 Å². The standard InChI is InChI=1S/C12H18N2OS/c1-9-3-5-11(6-4-9)14-12(15)10(2)16-8-7-13/h3-6,10H,7-8,13H2,1-2H3,(H,14,15). The SMILES string of the molecule is Cc1ccc(NC(=O)C(C)SCCN)cc1. The van der Waals surface area contributed by atoms with E-state index in [1.54, 1.807) is 11.8 Å². The van der Waals surface area contributed by atoms with Crippen LogP contribution in [-0.2, 0) is 4.79 Å². The second-order valence-corrected chi connectivity index (χ2v) is 5.11. The number of aryl methyl sites for hydroxylation is 1. The van der Waals surface area contributed by atoms with Crippen molar-refractivity contribution in [2.24, 2.45) is 5.73 Å². The third-order valence-corrected chi connectivity index (χ3v) is 3.36. The van der Waals surface area contributed by atoms with Crippen molar-refractivity contribution in [1.29, 1.82) is 0 Å². The van der Waals surface area contributed by atoms with Crippen molar-refractivity contribution < 1.29 is 4.79 Å². The summed E-state index contributed by atoms with van der Waals surface area (Å²) in [4.78, 5) is 11.7. The summed E-state index contributed by atoms with van der Waals surface area (Å²) in [5, 5.41) is 2.81. The Labute approximate surface area is 101 Å². The van der Waals surface area contributed by atoms with Gasteiger partial charge in [-0.3, -0.25) is 4.79 Å². The van der Waals surface area contributed by atoms with E-state index in [9.17, 15) is 4.79 Å². The summed E-state index contributed by atoms with van der Waals surface area (Å²) < 4.78 is 0. The van der Waals surface area contributed by atoms with E-state index >= 15 is 0 Å². The van der Waals surface area contributed by atoms with Gasteiger partial charge in [-0.25, -0.2) is 0 Å². The van der Waals surface area contributed by atoms with Gasteiger partial charge in [0.2, 0.25) is 5.91 Å². The monoisotopic (exact) mass is 238 g/mol. The van der Waals surface area contributed by atoms with Crippen LogP contribution in [0.1, 0.15) is 12.5 Å². The second kappa shape index (κ2) is 6.55. The van der Waals surface area contributed by atoms with Crippen LogP contribution in [0.15, 0.2) is 24.3 Å². The molecule has 0 aliphatic carbocycles. The lowest BCUT2D eigenvalue weighted by molar-refractivity contribution is -0.115. The van der Waals surface area contributed by atoms with Crippen molar-refractivity contribution in [3.8, 4) is 0 Å². The van der Waals surface area contributed by atoms with E-state index in [4.69, 9.17) is 5.73 Å². The first kappa shape index (κ1) is 13.1. The number of amides is 1. The van der Waals surface area contributed by atoms with Gasteiger partial charge in [0.05, 0.1) is 5.25 Å². The van der Waals surface area contributed by atoms with Gasteiger partial charge in [0, 0.05) is 18.0 Å². The zero-order chi connectivity index (χ0) is 12.0. The molecular formula is C12H18N2OS. The summed E-state index contributed by atoms with van der Waals surface area (Å²) in [6, 6.07) is 7.78. The van der Waals surface area contributed by atoms with E-state index < -0.39 is 0 Å². The lowest BCUT2D eigenvalue weighted by atomic mass is 10.2. The Morgan fingerprint density at radius 1 is 1.44 bits per heavy atom. The first-order valence-electron chi connectivity index (χ1n) is 5.32. The Kier molecular flexibility index (Phi) is 5.35. The average molecular weight is 238 g/mol. The highest BCUT2D eigenvalue weighted by Crippen LogP contribution is 2.14. The molecule has 16 heavy (non-hydrogen) atoms. The molecule has 0 aromatic heterocycles. The minimum absolute atomic E-state index is 0.0299. The minimum atomic E-state index is -0.0650.